The fraction of sp³-hybridized carbons (Fsp3) is 0.776. The monoisotopic (exact) mass is 803 g/mol. The highest BCUT2D eigenvalue weighted by atomic mass is 16.6. The summed E-state index contributed by atoms with van der Waals surface area (Å²) in [4.78, 5) is 37.0. The zero-order chi connectivity index (χ0) is 42.1. The maximum absolute atomic E-state index is 12.7. The van der Waals surface area contributed by atoms with Crippen molar-refractivity contribution >= 4 is 17.9 Å². The summed E-state index contributed by atoms with van der Waals surface area (Å²) < 4.78 is 17.3. The van der Waals surface area contributed by atoms with Crippen LogP contribution < -0.4 is 0 Å². The van der Waals surface area contributed by atoms with Gasteiger partial charge in [0.15, 0.2) is 12.1 Å². The molecule has 0 amide bonds. The number of ether oxygens (including phenoxy) is 3. The topological polar surface area (TPSA) is 99.1 Å². The van der Waals surface area contributed by atoms with Gasteiger partial charge in [0.1, 0.15) is 6.61 Å². The molecule has 0 radical (unpaired) electrons. The highest BCUT2D eigenvalue weighted by Crippen LogP contribution is 2.14. The summed E-state index contributed by atoms with van der Waals surface area (Å²) in [5.41, 5.74) is 0. The average Bonchev–Trinajstić information content (AvgIpc) is 3.17. The molecule has 0 aliphatic carbocycles. The van der Waals surface area contributed by atoms with Crippen molar-refractivity contribution in [1.82, 2.24) is 0 Å². The van der Waals surface area contributed by atoms with Crippen molar-refractivity contribution in [2.24, 2.45) is 0 Å². The van der Waals surface area contributed by atoms with Gasteiger partial charge < -0.3 is 23.8 Å². The van der Waals surface area contributed by atoms with E-state index >= 15 is 0 Å². The molecule has 0 spiro atoms. The van der Waals surface area contributed by atoms with Gasteiger partial charge in [-0.05, 0) is 70.6 Å². The van der Waals surface area contributed by atoms with Crippen LogP contribution in [0.25, 0.3) is 0 Å². The van der Waals surface area contributed by atoms with Gasteiger partial charge in [0.25, 0.3) is 0 Å². The smallest absolute Gasteiger partial charge is 0.362 e. The molecule has 2 unspecified atom stereocenters. The lowest BCUT2D eigenvalue weighted by Gasteiger charge is -2.31. The van der Waals surface area contributed by atoms with E-state index < -0.39 is 18.1 Å². The van der Waals surface area contributed by atoms with Crippen molar-refractivity contribution in [3.05, 3.63) is 48.6 Å². The fourth-order valence-electron chi connectivity index (χ4n) is 6.55. The molecule has 0 aliphatic rings. The number of carboxylic acid groups (broad SMARTS) is 1. The summed E-state index contributed by atoms with van der Waals surface area (Å²) in [7, 11) is 5.52. The number of quaternary nitrogens is 1. The molecule has 8 heteroatoms. The van der Waals surface area contributed by atoms with E-state index in [1.807, 2.05) is 21.1 Å². The Morgan fingerprint density at radius 3 is 1.44 bits per heavy atom. The van der Waals surface area contributed by atoms with E-state index in [0.717, 1.165) is 70.6 Å². The predicted octanol–water partition coefficient (Wildman–Crippen LogP) is 12.8. The Kier molecular flexibility index (Phi) is 38.2. The molecule has 330 valence electrons. The molecule has 0 bridgehead atoms. The summed E-state index contributed by atoms with van der Waals surface area (Å²) in [6, 6.07) is -0.617. The van der Waals surface area contributed by atoms with Crippen LogP contribution in [0.4, 0.5) is 0 Å². The van der Waals surface area contributed by atoms with Gasteiger partial charge in [-0.3, -0.25) is 9.59 Å². The number of carbonyl (C=O) groups is 3. The second-order valence-corrected chi connectivity index (χ2v) is 16.7. The van der Waals surface area contributed by atoms with E-state index in [1.54, 1.807) is 0 Å². The number of unbranched alkanes of at least 4 members (excludes halogenated alkanes) is 19. The summed E-state index contributed by atoms with van der Waals surface area (Å²) in [6.45, 7) is 4.66. The number of aliphatic carboxylic acids is 1. The largest absolute Gasteiger partial charge is 0.477 e. The molecule has 0 aromatic rings. The first kappa shape index (κ1) is 54.3. The van der Waals surface area contributed by atoms with E-state index in [0.29, 0.717) is 19.3 Å². The zero-order valence-corrected chi connectivity index (χ0v) is 37.5. The summed E-state index contributed by atoms with van der Waals surface area (Å²) >= 11 is 0. The third kappa shape index (κ3) is 38.6. The molecule has 0 fully saturated rings. The Labute approximate surface area is 350 Å². The molecule has 8 nitrogen and oxygen atoms in total. The minimum absolute atomic E-state index is 0.0559. The van der Waals surface area contributed by atoms with Crippen LogP contribution in [0.1, 0.15) is 194 Å². The Morgan fingerprint density at radius 1 is 0.526 bits per heavy atom. The van der Waals surface area contributed by atoms with E-state index in [2.05, 4.69) is 62.5 Å². The van der Waals surface area contributed by atoms with Gasteiger partial charge in [0.2, 0.25) is 0 Å². The first-order chi connectivity index (χ1) is 27.6. The predicted molar refractivity (Wildman–Crippen MR) is 238 cm³/mol. The van der Waals surface area contributed by atoms with E-state index in [-0.39, 0.29) is 36.2 Å². The summed E-state index contributed by atoms with van der Waals surface area (Å²) in [6.07, 6.45) is 47.2. The van der Waals surface area contributed by atoms with E-state index in [9.17, 15) is 19.5 Å². The summed E-state index contributed by atoms with van der Waals surface area (Å²) in [5.74, 6) is -1.49. The third-order valence-electron chi connectivity index (χ3n) is 10.2. The van der Waals surface area contributed by atoms with Crippen molar-refractivity contribution < 1.29 is 38.2 Å². The van der Waals surface area contributed by atoms with E-state index in [4.69, 9.17) is 14.2 Å². The first-order valence-electron chi connectivity index (χ1n) is 23.2. The molecular formula is C49H88NO7+. The maximum Gasteiger partial charge on any atom is 0.362 e. The van der Waals surface area contributed by atoms with Crippen LogP contribution in [0, 0.1) is 0 Å². The van der Waals surface area contributed by atoms with Crippen LogP contribution in [0.2, 0.25) is 0 Å². The minimum Gasteiger partial charge on any atom is -0.477 e. The molecule has 0 aromatic carbocycles. The lowest BCUT2D eigenvalue weighted by atomic mass is 10.1. The molecule has 1 N–H and O–H groups in total. The van der Waals surface area contributed by atoms with Gasteiger partial charge in [-0.15, -0.1) is 0 Å². The van der Waals surface area contributed by atoms with Crippen LogP contribution in [0.15, 0.2) is 48.6 Å². The second kappa shape index (κ2) is 40.1. The van der Waals surface area contributed by atoms with Crippen LogP contribution >= 0.6 is 0 Å². The third-order valence-corrected chi connectivity index (χ3v) is 10.2. The number of hydrogen-bond acceptors (Lipinski definition) is 6. The number of carbonyl (C=O) groups excluding carboxylic acids is 2. The lowest BCUT2D eigenvalue weighted by molar-refractivity contribution is -0.887. The molecular weight excluding hydrogens is 715 g/mol. The highest BCUT2D eigenvalue weighted by Gasteiger charge is 2.31. The van der Waals surface area contributed by atoms with Crippen molar-refractivity contribution in [2.45, 2.75) is 206 Å². The van der Waals surface area contributed by atoms with E-state index in [1.165, 1.54) is 89.9 Å². The first-order valence-corrected chi connectivity index (χ1v) is 23.2. The standard InChI is InChI=1S/C49H87NO7/c1-6-8-10-12-14-16-18-19-20-21-22-23-24-25-26-27-28-30-32-34-36-38-40-48(52)57-45(43-55-42-41-46(49(53)54)50(3,4)5)44-56-47(51)39-37-35-33-31-29-17-15-13-11-9-7-2/h13-16,19-20,22-23,45-46H,6-12,17-18,21,24-44H2,1-5H3/p+1/b15-13+,16-14+,20-19+,23-22+. The molecule has 0 aliphatic heterocycles. The van der Waals surface area contributed by atoms with Crippen LogP contribution in [0.3, 0.4) is 0 Å². The second-order valence-electron chi connectivity index (χ2n) is 16.7. The SMILES string of the molecule is CCCC/C=C/CCCCCCCC(=O)OCC(COCCC(C(=O)O)[N+](C)(C)C)OC(=O)CCCCCCCCCCC/C=C/C/C=C/C/C=C/CCCCC. The van der Waals surface area contributed by atoms with Crippen molar-refractivity contribution in [1.29, 1.82) is 0 Å². The number of likely N-dealkylation sites (N-methyl/N-ethyl adjacent to an activating group) is 1. The highest BCUT2D eigenvalue weighted by molar-refractivity contribution is 5.72. The number of carboxylic acids is 1. The molecule has 0 saturated heterocycles. The normalized spacial score (nSPS) is 13.4. The van der Waals surface area contributed by atoms with Crippen LogP contribution in [-0.4, -0.2) is 80.6 Å². The Hall–Kier alpha value is -2.71. The number of rotatable bonds is 41. The van der Waals surface area contributed by atoms with Crippen molar-refractivity contribution in [3.63, 3.8) is 0 Å². The van der Waals surface area contributed by atoms with Crippen LogP contribution in [0.5, 0.6) is 0 Å². The van der Waals surface area contributed by atoms with Crippen molar-refractivity contribution in [3.8, 4) is 0 Å². The average molecular weight is 803 g/mol. The Bertz CT molecular complexity index is 1070. The number of nitrogens with zero attached hydrogens (tertiary/aromatic N) is 1. The fourth-order valence-corrected chi connectivity index (χ4v) is 6.55. The number of allylic oxidation sites excluding steroid dienone is 8. The Morgan fingerprint density at radius 2 is 0.947 bits per heavy atom. The molecule has 0 rings (SSSR count). The van der Waals surface area contributed by atoms with Gasteiger partial charge in [-0.25, -0.2) is 4.79 Å². The number of esters is 2. The molecule has 0 aromatic heterocycles. The minimum atomic E-state index is -0.878. The lowest BCUT2D eigenvalue weighted by Crippen LogP contribution is -2.50. The molecule has 2 atom stereocenters. The summed E-state index contributed by atoms with van der Waals surface area (Å²) in [5, 5.41) is 9.62. The van der Waals surface area contributed by atoms with Gasteiger partial charge in [0, 0.05) is 19.3 Å². The number of hydrogen-bond donors (Lipinski definition) is 1. The molecule has 57 heavy (non-hydrogen) atoms. The Balaban J connectivity index is 4.27. The molecule has 0 saturated carbocycles. The van der Waals surface area contributed by atoms with Gasteiger partial charge in [-0.2, -0.15) is 0 Å². The zero-order valence-electron chi connectivity index (χ0n) is 37.5. The van der Waals surface area contributed by atoms with Gasteiger partial charge in [-0.1, -0.05) is 152 Å². The van der Waals surface area contributed by atoms with Gasteiger partial charge in [0.05, 0.1) is 34.4 Å². The van der Waals surface area contributed by atoms with Gasteiger partial charge >= 0.3 is 17.9 Å². The maximum atomic E-state index is 12.7. The van der Waals surface area contributed by atoms with Crippen molar-refractivity contribution in [2.75, 3.05) is 41.0 Å². The quantitative estimate of drug-likeness (QED) is 0.0284. The van der Waals surface area contributed by atoms with Crippen LogP contribution in [-0.2, 0) is 28.6 Å². The molecule has 0 heterocycles.